The molecule has 17 heavy (non-hydrogen) atoms. The molecule has 0 aliphatic heterocycles. The molecule has 0 bridgehead atoms. The minimum atomic E-state index is -1.11. The molecule has 0 saturated heterocycles. The number of rotatable bonds is 5. The lowest BCUT2D eigenvalue weighted by atomic mass is 10.2. The smallest absolute Gasteiger partial charge is 0.341 e. The summed E-state index contributed by atoms with van der Waals surface area (Å²) in [6.07, 6.45) is 0.166. The monoisotopic (exact) mass is 241 g/mol. The third-order valence-electron chi connectivity index (χ3n) is 2.23. The number of nitrogens with one attached hydrogen (secondary N) is 1. The Hall–Kier alpha value is -1.89. The number of carboxylic acid groups (broad SMARTS) is 1. The van der Waals surface area contributed by atoms with Crippen LogP contribution in [0.2, 0.25) is 0 Å². The van der Waals surface area contributed by atoms with Gasteiger partial charge in [-0.2, -0.15) is 5.10 Å². The summed E-state index contributed by atoms with van der Waals surface area (Å²) in [5.74, 6) is -1.23. The van der Waals surface area contributed by atoms with Gasteiger partial charge in [0, 0.05) is 14.2 Å². The fourth-order valence-electron chi connectivity index (χ4n) is 1.45. The van der Waals surface area contributed by atoms with E-state index in [-0.39, 0.29) is 30.3 Å². The van der Waals surface area contributed by atoms with E-state index in [4.69, 9.17) is 9.84 Å². The van der Waals surface area contributed by atoms with Gasteiger partial charge in [-0.3, -0.25) is 9.48 Å². The van der Waals surface area contributed by atoms with E-state index in [1.54, 1.807) is 14.0 Å². The van der Waals surface area contributed by atoms with Gasteiger partial charge in [0.15, 0.2) is 0 Å². The lowest BCUT2D eigenvalue weighted by molar-refractivity contribution is -0.117. The normalized spacial score (nSPS) is 10.3. The molecule has 1 aromatic heterocycles. The fraction of sp³-hybridized carbons (Fsp3) is 0.500. The maximum absolute atomic E-state index is 11.5. The minimum absolute atomic E-state index is 0.0123. The highest BCUT2D eigenvalue weighted by molar-refractivity contribution is 6.00. The van der Waals surface area contributed by atoms with Crippen molar-refractivity contribution in [2.24, 2.45) is 7.05 Å². The van der Waals surface area contributed by atoms with Crippen molar-refractivity contribution < 1.29 is 19.4 Å². The van der Waals surface area contributed by atoms with E-state index in [1.165, 1.54) is 11.8 Å². The summed E-state index contributed by atoms with van der Waals surface area (Å²) in [6, 6.07) is 0. The number of amides is 1. The average molecular weight is 241 g/mol. The van der Waals surface area contributed by atoms with Crippen molar-refractivity contribution in [3.63, 3.8) is 0 Å². The molecule has 94 valence electrons. The summed E-state index contributed by atoms with van der Waals surface area (Å²) in [5, 5.41) is 15.5. The molecule has 0 unspecified atom stereocenters. The molecule has 0 aliphatic carbocycles. The summed E-state index contributed by atoms with van der Waals surface area (Å²) < 4.78 is 6.10. The third-order valence-corrected chi connectivity index (χ3v) is 2.23. The van der Waals surface area contributed by atoms with Gasteiger partial charge in [0.2, 0.25) is 5.91 Å². The van der Waals surface area contributed by atoms with Crippen LogP contribution in [0.1, 0.15) is 22.5 Å². The van der Waals surface area contributed by atoms with Crippen LogP contribution in [0.25, 0.3) is 0 Å². The van der Waals surface area contributed by atoms with Gasteiger partial charge >= 0.3 is 5.97 Å². The molecular formula is C10H15N3O4. The van der Waals surface area contributed by atoms with Crippen molar-refractivity contribution in [1.82, 2.24) is 9.78 Å². The molecule has 1 heterocycles. The largest absolute Gasteiger partial charge is 0.477 e. The quantitative estimate of drug-likeness (QED) is 0.778. The van der Waals surface area contributed by atoms with Crippen LogP contribution in [0.4, 0.5) is 5.82 Å². The molecular weight excluding hydrogens is 226 g/mol. The number of aromatic carboxylic acids is 1. The number of ether oxygens (including phenoxy) is 1. The molecule has 0 spiro atoms. The topological polar surface area (TPSA) is 93.4 Å². The first kappa shape index (κ1) is 13.2. The summed E-state index contributed by atoms with van der Waals surface area (Å²) >= 11 is 0. The third kappa shape index (κ3) is 3.04. The number of aryl methyl sites for hydroxylation is 2. The molecule has 1 rings (SSSR count). The molecule has 7 heteroatoms. The first-order valence-electron chi connectivity index (χ1n) is 5.03. The zero-order chi connectivity index (χ0) is 13.0. The van der Waals surface area contributed by atoms with Crippen molar-refractivity contribution in [3.05, 3.63) is 11.3 Å². The Morgan fingerprint density at radius 1 is 1.53 bits per heavy atom. The molecule has 0 fully saturated rings. The van der Waals surface area contributed by atoms with E-state index in [0.717, 1.165) is 0 Å². The first-order chi connectivity index (χ1) is 7.97. The van der Waals surface area contributed by atoms with Crippen LogP contribution in [0.15, 0.2) is 0 Å². The molecule has 1 amide bonds. The second kappa shape index (κ2) is 5.44. The number of nitrogens with zero attached hydrogens (tertiary/aromatic N) is 2. The van der Waals surface area contributed by atoms with Gasteiger partial charge in [-0.15, -0.1) is 0 Å². The Bertz CT molecular complexity index is 439. The summed E-state index contributed by atoms with van der Waals surface area (Å²) in [6.45, 7) is 1.86. The molecule has 1 aromatic rings. The van der Waals surface area contributed by atoms with E-state index < -0.39 is 5.97 Å². The van der Waals surface area contributed by atoms with Gasteiger partial charge in [0.25, 0.3) is 0 Å². The lowest BCUT2D eigenvalue weighted by Gasteiger charge is -2.06. The zero-order valence-corrected chi connectivity index (χ0v) is 9.98. The molecule has 0 radical (unpaired) electrons. The lowest BCUT2D eigenvalue weighted by Crippen LogP contribution is -2.18. The first-order valence-corrected chi connectivity index (χ1v) is 5.03. The highest BCUT2D eigenvalue weighted by atomic mass is 16.5. The van der Waals surface area contributed by atoms with Crippen LogP contribution in [0.5, 0.6) is 0 Å². The van der Waals surface area contributed by atoms with Crippen molar-refractivity contribution in [1.29, 1.82) is 0 Å². The van der Waals surface area contributed by atoms with Crippen molar-refractivity contribution >= 4 is 17.7 Å². The second-order valence-electron chi connectivity index (χ2n) is 3.53. The minimum Gasteiger partial charge on any atom is -0.477 e. The number of methoxy groups -OCH3 is 1. The standard InChI is InChI=1S/C10H15N3O4/c1-6-8(10(15)16)9(13(2)12-6)11-7(14)4-5-17-3/h4-5H2,1-3H3,(H,11,14)(H,15,16). The maximum atomic E-state index is 11.5. The Morgan fingerprint density at radius 3 is 2.71 bits per heavy atom. The van der Waals surface area contributed by atoms with Gasteiger partial charge < -0.3 is 15.2 Å². The Labute approximate surface area is 98.4 Å². The molecule has 0 aromatic carbocycles. The SMILES string of the molecule is COCCC(=O)Nc1c(C(=O)O)c(C)nn1C. The molecule has 0 aliphatic rings. The number of carbonyl (C=O) groups excluding carboxylic acids is 1. The van der Waals surface area contributed by atoms with Crippen LogP contribution in [-0.2, 0) is 16.6 Å². The number of carbonyl (C=O) groups is 2. The van der Waals surface area contributed by atoms with Gasteiger partial charge in [0.1, 0.15) is 11.4 Å². The van der Waals surface area contributed by atoms with Crippen LogP contribution in [0, 0.1) is 6.92 Å². The van der Waals surface area contributed by atoms with E-state index in [0.29, 0.717) is 5.69 Å². The van der Waals surface area contributed by atoms with E-state index in [1.807, 2.05) is 0 Å². The van der Waals surface area contributed by atoms with E-state index in [2.05, 4.69) is 10.4 Å². The summed E-state index contributed by atoms with van der Waals surface area (Å²) in [7, 11) is 3.07. The predicted molar refractivity (Wildman–Crippen MR) is 60.0 cm³/mol. The number of anilines is 1. The fourth-order valence-corrected chi connectivity index (χ4v) is 1.45. The summed E-state index contributed by atoms with van der Waals surface area (Å²) in [5.41, 5.74) is 0.375. The highest BCUT2D eigenvalue weighted by Crippen LogP contribution is 2.18. The van der Waals surface area contributed by atoms with Crippen molar-refractivity contribution in [3.8, 4) is 0 Å². The predicted octanol–water partition coefficient (Wildman–Crippen LogP) is 0.402. The number of hydrogen-bond donors (Lipinski definition) is 2. The van der Waals surface area contributed by atoms with Crippen LogP contribution in [0.3, 0.4) is 0 Å². The van der Waals surface area contributed by atoms with E-state index >= 15 is 0 Å². The van der Waals surface area contributed by atoms with Crippen LogP contribution in [-0.4, -0.2) is 40.5 Å². The van der Waals surface area contributed by atoms with Crippen molar-refractivity contribution in [2.75, 3.05) is 19.0 Å². The Balaban J connectivity index is 2.90. The van der Waals surface area contributed by atoms with E-state index in [9.17, 15) is 9.59 Å². The van der Waals surface area contributed by atoms with Crippen LogP contribution < -0.4 is 5.32 Å². The number of hydrogen-bond acceptors (Lipinski definition) is 4. The molecule has 0 atom stereocenters. The number of carboxylic acids is 1. The van der Waals surface area contributed by atoms with Gasteiger partial charge in [-0.25, -0.2) is 4.79 Å². The van der Waals surface area contributed by atoms with Crippen molar-refractivity contribution in [2.45, 2.75) is 13.3 Å². The highest BCUT2D eigenvalue weighted by Gasteiger charge is 2.20. The molecule has 0 saturated carbocycles. The summed E-state index contributed by atoms with van der Waals surface area (Å²) in [4.78, 5) is 22.5. The maximum Gasteiger partial charge on any atom is 0.341 e. The Kier molecular flexibility index (Phi) is 4.22. The average Bonchev–Trinajstić information content (AvgIpc) is 2.51. The van der Waals surface area contributed by atoms with Crippen LogP contribution >= 0.6 is 0 Å². The second-order valence-corrected chi connectivity index (χ2v) is 3.53. The molecule has 7 nitrogen and oxygen atoms in total. The van der Waals surface area contributed by atoms with Gasteiger partial charge in [-0.05, 0) is 6.92 Å². The number of aromatic nitrogens is 2. The Morgan fingerprint density at radius 2 is 2.18 bits per heavy atom. The zero-order valence-electron chi connectivity index (χ0n) is 9.98. The van der Waals surface area contributed by atoms with Gasteiger partial charge in [-0.1, -0.05) is 0 Å². The van der Waals surface area contributed by atoms with Gasteiger partial charge in [0.05, 0.1) is 18.7 Å². The molecule has 2 N–H and O–H groups in total.